The van der Waals surface area contributed by atoms with E-state index in [4.69, 9.17) is 16.7 Å². The van der Waals surface area contributed by atoms with Crippen LogP contribution in [0.4, 0.5) is 0 Å². The molecule has 0 fully saturated rings. The molecule has 0 aliphatic carbocycles. The summed E-state index contributed by atoms with van der Waals surface area (Å²) < 4.78 is 0. The second-order valence-corrected chi connectivity index (χ2v) is 3.33. The molecule has 0 saturated carbocycles. The molecule has 2 aliphatic rings. The summed E-state index contributed by atoms with van der Waals surface area (Å²) in [6, 6.07) is -0.115. The third-order valence-corrected chi connectivity index (χ3v) is 2.35. The first-order valence-corrected chi connectivity index (χ1v) is 4.47. The van der Waals surface area contributed by atoms with Gasteiger partial charge in [-0.25, -0.2) is 4.79 Å². The Morgan fingerprint density at radius 2 is 2.43 bits per heavy atom. The van der Waals surface area contributed by atoms with Gasteiger partial charge in [-0.1, -0.05) is 17.7 Å². The average molecular weight is 211 g/mol. The van der Waals surface area contributed by atoms with Crippen molar-refractivity contribution in [3.8, 4) is 0 Å². The Hall–Kier alpha value is -1.42. The number of aliphatic imine (C=N–C) groups is 2. The summed E-state index contributed by atoms with van der Waals surface area (Å²) in [5.74, 6) is -1.07. The van der Waals surface area contributed by atoms with Crippen LogP contribution in [-0.2, 0) is 4.79 Å². The molecule has 4 nitrogen and oxygen atoms in total. The van der Waals surface area contributed by atoms with Crippen LogP contribution >= 0.6 is 11.6 Å². The van der Waals surface area contributed by atoms with Crippen molar-refractivity contribution in [3.05, 3.63) is 23.9 Å². The van der Waals surface area contributed by atoms with E-state index in [1.807, 2.05) is 6.08 Å². The summed E-state index contributed by atoms with van der Waals surface area (Å²) in [5, 5.41) is 8.84. The van der Waals surface area contributed by atoms with Gasteiger partial charge in [-0.2, -0.15) is 0 Å². The van der Waals surface area contributed by atoms with Gasteiger partial charge in [0.25, 0.3) is 0 Å². The van der Waals surface area contributed by atoms with Crippen molar-refractivity contribution in [3.63, 3.8) is 0 Å². The van der Waals surface area contributed by atoms with Crippen LogP contribution in [0.5, 0.6) is 0 Å². The van der Waals surface area contributed by atoms with Gasteiger partial charge < -0.3 is 5.11 Å². The predicted molar refractivity (Wildman–Crippen MR) is 54.0 cm³/mol. The standard InChI is InChI=1S/C9H7ClN2O2/c10-8-5(9(13)14)4-7-6(12-8)2-1-3-11-7/h1,3-4,6H,2H2,(H,13,14). The molecule has 2 heterocycles. The van der Waals surface area contributed by atoms with E-state index in [1.165, 1.54) is 6.08 Å². The molecule has 0 aromatic carbocycles. The fraction of sp³-hybridized carbons (Fsp3) is 0.222. The van der Waals surface area contributed by atoms with Crippen LogP contribution < -0.4 is 0 Å². The number of rotatable bonds is 1. The lowest BCUT2D eigenvalue weighted by molar-refractivity contribution is -0.132. The van der Waals surface area contributed by atoms with Gasteiger partial charge in [0.15, 0.2) is 0 Å². The molecule has 0 amide bonds. The van der Waals surface area contributed by atoms with Gasteiger partial charge in [-0.3, -0.25) is 9.98 Å². The normalized spacial score (nSPS) is 24.6. The summed E-state index contributed by atoms with van der Waals surface area (Å²) >= 11 is 5.72. The molecular formula is C9H7ClN2O2. The Morgan fingerprint density at radius 1 is 1.64 bits per heavy atom. The van der Waals surface area contributed by atoms with E-state index in [1.54, 1.807) is 6.20 Å². The molecule has 0 spiro atoms. The summed E-state index contributed by atoms with van der Waals surface area (Å²) in [6.45, 7) is 0. The summed E-state index contributed by atoms with van der Waals surface area (Å²) in [6.07, 6.45) is 5.72. The molecule has 5 heteroatoms. The minimum atomic E-state index is -1.07. The number of dihydropyridines is 1. The Labute approximate surface area is 85.3 Å². The molecule has 1 N–H and O–H groups in total. The molecule has 14 heavy (non-hydrogen) atoms. The molecule has 0 saturated heterocycles. The van der Waals surface area contributed by atoms with Gasteiger partial charge in [0.05, 0.1) is 17.3 Å². The van der Waals surface area contributed by atoms with Gasteiger partial charge in [-0.15, -0.1) is 0 Å². The van der Waals surface area contributed by atoms with Crippen molar-refractivity contribution in [2.75, 3.05) is 0 Å². The van der Waals surface area contributed by atoms with Crippen LogP contribution in [-0.4, -0.2) is 28.0 Å². The van der Waals surface area contributed by atoms with Gasteiger partial charge in [0.2, 0.25) is 0 Å². The highest BCUT2D eigenvalue weighted by Gasteiger charge is 2.25. The second-order valence-electron chi connectivity index (χ2n) is 2.97. The first-order chi connectivity index (χ1) is 6.68. The minimum absolute atomic E-state index is 0.0111. The lowest BCUT2D eigenvalue weighted by Gasteiger charge is -2.18. The second kappa shape index (κ2) is 3.38. The van der Waals surface area contributed by atoms with E-state index in [0.29, 0.717) is 5.71 Å². The zero-order valence-electron chi connectivity index (χ0n) is 7.14. The number of carboxylic acids is 1. The van der Waals surface area contributed by atoms with Crippen molar-refractivity contribution in [2.24, 2.45) is 9.98 Å². The quantitative estimate of drug-likeness (QED) is 0.711. The maximum absolute atomic E-state index is 10.7. The molecule has 1 unspecified atom stereocenters. The van der Waals surface area contributed by atoms with E-state index in [0.717, 1.165) is 6.42 Å². The van der Waals surface area contributed by atoms with Crippen molar-refractivity contribution in [2.45, 2.75) is 12.5 Å². The van der Waals surface area contributed by atoms with Crippen LogP contribution in [0, 0.1) is 0 Å². The SMILES string of the molecule is O=C(O)C1=CC2=NC=CCC2N=C1Cl. The van der Waals surface area contributed by atoms with Crippen LogP contribution in [0.25, 0.3) is 0 Å². The first kappa shape index (κ1) is 9.15. The fourth-order valence-electron chi connectivity index (χ4n) is 1.35. The topological polar surface area (TPSA) is 62.0 Å². The highest BCUT2D eigenvalue weighted by molar-refractivity contribution is 6.72. The number of hydrogen-bond acceptors (Lipinski definition) is 3. The molecular weight excluding hydrogens is 204 g/mol. The van der Waals surface area contributed by atoms with Crippen LogP contribution in [0.1, 0.15) is 6.42 Å². The monoisotopic (exact) mass is 210 g/mol. The molecule has 0 radical (unpaired) electrons. The molecule has 2 rings (SSSR count). The highest BCUT2D eigenvalue weighted by atomic mass is 35.5. The Balaban J connectivity index is 2.41. The summed E-state index contributed by atoms with van der Waals surface area (Å²) in [7, 11) is 0. The van der Waals surface area contributed by atoms with Gasteiger partial charge in [-0.05, 0) is 12.5 Å². The molecule has 0 aromatic rings. The Bertz CT molecular complexity index is 407. The summed E-state index contributed by atoms with van der Waals surface area (Å²) in [5.41, 5.74) is 0.672. The molecule has 0 bridgehead atoms. The van der Waals surface area contributed by atoms with Crippen molar-refractivity contribution >= 4 is 28.5 Å². The lowest BCUT2D eigenvalue weighted by atomic mass is 10.0. The first-order valence-electron chi connectivity index (χ1n) is 4.10. The third kappa shape index (κ3) is 1.48. The molecule has 1 atom stereocenters. The average Bonchev–Trinajstić information content (AvgIpc) is 2.16. The predicted octanol–water partition coefficient (Wildman–Crippen LogP) is 1.38. The van der Waals surface area contributed by atoms with E-state index < -0.39 is 5.97 Å². The fourth-order valence-corrected chi connectivity index (χ4v) is 1.60. The van der Waals surface area contributed by atoms with Crippen LogP contribution in [0.15, 0.2) is 33.9 Å². The highest BCUT2D eigenvalue weighted by Crippen LogP contribution is 2.19. The number of fused-ring (bicyclic) bond motifs is 1. The number of carbonyl (C=O) groups is 1. The maximum atomic E-state index is 10.7. The lowest BCUT2D eigenvalue weighted by Crippen LogP contribution is -2.26. The van der Waals surface area contributed by atoms with Crippen molar-refractivity contribution in [1.29, 1.82) is 0 Å². The molecule has 72 valence electrons. The van der Waals surface area contributed by atoms with E-state index in [-0.39, 0.29) is 16.8 Å². The van der Waals surface area contributed by atoms with Crippen LogP contribution in [0.2, 0.25) is 0 Å². The van der Waals surface area contributed by atoms with Crippen molar-refractivity contribution in [1.82, 2.24) is 0 Å². The number of halogens is 1. The van der Waals surface area contributed by atoms with Gasteiger partial charge >= 0.3 is 5.97 Å². The largest absolute Gasteiger partial charge is 0.478 e. The zero-order valence-corrected chi connectivity index (χ0v) is 7.90. The van der Waals surface area contributed by atoms with E-state index >= 15 is 0 Å². The molecule has 2 aliphatic heterocycles. The van der Waals surface area contributed by atoms with E-state index in [9.17, 15) is 4.79 Å². The Kier molecular flexibility index (Phi) is 2.21. The summed E-state index contributed by atoms with van der Waals surface area (Å²) in [4.78, 5) is 18.8. The van der Waals surface area contributed by atoms with E-state index in [2.05, 4.69) is 9.98 Å². The smallest absolute Gasteiger partial charge is 0.338 e. The number of hydrogen-bond donors (Lipinski definition) is 1. The number of carboxylic acid groups (broad SMARTS) is 1. The number of aliphatic carboxylic acids is 1. The zero-order chi connectivity index (χ0) is 10.1. The number of nitrogens with zero attached hydrogens (tertiary/aromatic N) is 2. The van der Waals surface area contributed by atoms with Gasteiger partial charge in [0.1, 0.15) is 5.17 Å². The molecule has 0 aromatic heterocycles. The minimum Gasteiger partial charge on any atom is -0.478 e. The Morgan fingerprint density at radius 3 is 3.14 bits per heavy atom. The third-order valence-electron chi connectivity index (χ3n) is 2.04. The van der Waals surface area contributed by atoms with Crippen LogP contribution in [0.3, 0.4) is 0 Å². The maximum Gasteiger partial charge on any atom is 0.338 e. The van der Waals surface area contributed by atoms with Gasteiger partial charge in [0, 0.05) is 6.20 Å². The van der Waals surface area contributed by atoms with Crippen molar-refractivity contribution < 1.29 is 9.90 Å².